The van der Waals surface area contributed by atoms with Gasteiger partial charge in [0, 0.05) is 23.7 Å². The number of halogens is 3. The first kappa shape index (κ1) is 18.9. The maximum Gasteiger partial charge on any atom is 0.167 e. The zero-order chi connectivity index (χ0) is 18.7. The Hall–Kier alpha value is -1.85. The van der Waals surface area contributed by atoms with Crippen LogP contribution in [0.2, 0.25) is 0 Å². The molecule has 0 amide bonds. The molecule has 26 heavy (non-hydrogen) atoms. The molecule has 1 saturated heterocycles. The molecule has 0 saturated carbocycles. The summed E-state index contributed by atoms with van der Waals surface area (Å²) in [6.45, 7) is 7.50. The number of piperidine rings is 1. The monoisotopic (exact) mass is 362 g/mol. The molecule has 0 aliphatic carbocycles. The van der Waals surface area contributed by atoms with Gasteiger partial charge in [0.05, 0.1) is 0 Å². The minimum atomic E-state index is -1.12. The van der Waals surface area contributed by atoms with Crippen LogP contribution in [0.1, 0.15) is 30.9 Å². The van der Waals surface area contributed by atoms with E-state index >= 15 is 0 Å². The SMILES string of the molecule is CCN1CCC(NCc2ccc(-c3cc(F)c(C)c(F)c3F)cc2)CC1. The van der Waals surface area contributed by atoms with Gasteiger partial charge in [-0.1, -0.05) is 31.2 Å². The normalized spacial score (nSPS) is 16.2. The Morgan fingerprint density at radius 3 is 2.31 bits per heavy atom. The Labute approximate surface area is 153 Å². The number of nitrogens with one attached hydrogen (secondary N) is 1. The van der Waals surface area contributed by atoms with Gasteiger partial charge in [-0.25, -0.2) is 13.2 Å². The van der Waals surface area contributed by atoms with Crippen LogP contribution in [0.3, 0.4) is 0 Å². The van der Waals surface area contributed by atoms with E-state index in [0.29, 0.717) is 11.6 Å². The van der Waals surface area contributed by atoms with Crippen molar-refractivity contribution >= 4 is 0 Å². The number of likely N-dealkylation sites (tertiary alicyclic amines) is 1. The molecule has 0 aromatic heterocycles. The zero-order valence-corrected chi connectivity index (χ0v) is 15.3. The first-order valence-electron chi connectivity index (χ1n) is 9.18. The van der Waals surface area contributed by atoms with Crippen molar-refractivity contribution in [3.63, 3.8) is 0 Å². The molecule has 1 aliphatic rings. The van der Waals surface area contributed by atoms with Crippen LogP contribution in [0, 0.1) is 24.4 Å². The topological polar surface area (TPSA) is 15.3 Å². The standard InChI is InChI=1S/C21H25F3N2/c1-3-26-10-8-17(9-11-26)25-13-15-4-6-16(7-5-15)18-12-19(22)14(2)20(23)21(18)24/h4-7,12,17,25H,3,8-11,13H2,1-2H3. The molecule has 3 rings (SSSR count). The van der Waals surface area contributed by atoms with Crippen molar-refractivity contribution in [3.8, 4) is 11.1 Å². The molecule has 2 nitrogen and oxygen atoms in total. The van der Waals surface area contributed by atoms with Crippen LogP contribution in [-0.2, 0) is 6.54 Å². The molecule has 2 aromatic carbocycles. The average Bonchev–Trinajstić information content (AvgIpc) is 2.68. The highest BCUT2D eigenvalue weighted by Crippen LogP contribution is 2.28. The van der Waals surface area contributed by atoms with Crippen LogP contribution in [0.5, 0.6) is 0 Å². The molecule has 1 heterocycles. The zero-order valence-electron chi connectivity index (χ0n) is 15.3. The maximum atomic E-state index is 14.1. The summed E-state index contributed by atoms with van der Waals surface area (Å²) in [6.07, 6.45) is 2.28. The highest BCUT2D eigenvalue weighted by Gasteiger charge is 2.18. The number of benzene rings is 2. The van der Waals surface area contributed by atoms with Crippen molar-refractivity contribution in [2.45, 2.75) is 39.3 Å². The van der Waals surface area contributed by atoms with Gasteiger partial charge in [0.15, 0.2) is 11.6 Å². The molecule has 0 unspecified atom stereocenters. The third-order valence-corrected chi connectivity index (χ3v) is 5.28. The number of hydrogen-bond acceptors (Lipinski definition) is 2. The van der Waals surface area contributed by atoms with E-state index in [1.165, 1.54) is 6.92 Å². The fourth-order valence-corrected chi connectivity index (χ4v) is 3.41. The second-order valence-corrected chi connectivity index (χ2v) is 6.95. The van der Waals surface area contributed by atoms with Gasteiger partial charge in [-0.3, -0.25) is 0 Å². The molecule has 2 aromatic rings. The Balaban J connectivity index is 1.64. The lowest BCUT2D eigenvalue weighted by Gasteiger charge is -2.31. The van der Waals surface area contributed by atoms with E-state index in [0.717, 1.165) is 50.7 Å². The quantitative estimate of drug-likeness (QED) is 0.779. The Morgan fingerprint density at radius 1 is 1.04 bits per heavy atom. The number of rotatable bonds is 5. The van der Waals surface area contributed by atoms with E-state index in [4.69, 9.17) is 0 Å². The third-order valence-electron chi connectivity index (χ3n) is 5.28. The smallest absolute Gasteiger partial charge is 0.167 e. The van der Waals surface area contributed by atoms with Crippen LogP contribution in [0.25, 0.3) is 11.1 Å². The molecule has 140 valence electrons. The van der Waals surface area contributed by atoms with E-state index in [-0.39, 0.29) is 11.1 Å². The fraction of sp³-hybridized carbons (Fsp3) is 0.429. The van der Waals surface area contributed by atoms with Crippen molar-refractivity contribution in [2.24, 2.45) is 0 Å². The van der Waals surface area contributed by atoms with E-state index in [9.17, 15) is 13.2 Å². The predicted octanol–water partition coefficient (Wildman–Crippen LogP) is 4.65. The molecular formula is C21H25F3N2. The van der Waals surface area contributed by atoms with E-state index in [1.54, 1.807) is 12.1 Å². The highest BCUT2D eigenvalue weighted by atomic mass is 19.2. The van der Waals surface area contributed by atoms with Crippen molar-refractivity contribution in [2.75, 3.05) is 19.6 Å². The van der Waals surface area contributed by atoms with Crippen LogP contribution < -0.4 is 5.32 Å². The molecule has 0 bridgehead atoms. The summed E-state index contributed by atoms with van der Waals surface area (Å²) in [6, 6.07) is 8.74. The first-order valence-corrected chi connectivity index (χ1v) is 9.18. The van der Waals surface area contributed by atoms with Crippen LogP contribution in [-0.4, -0.2) is 30.6 Å². The van der Waals surface area contributed by atoms with Gasteiger partial charge in [0.2, 0.25) is 0 Å². The molecule has 1 N–H and O–H groups in total. The summed E-state index contributed by atoms with van der Waals surface area (Å²) in [7, 11) is 0. The van der Waals surface area contributed by atoms with Crippen molar-refractivity contribution in [3.05, 3.63) is 58.9 Å². The summed E-state index contributed by atoms with van der Waals surface area (Å²) in [5, 5.41) is 3.56. The second kappa shape index (κ2) is 8.23. The number of hydrogen-bond donors (Lipinski definition) is 1. The molecule has 5 heteroatoms. The Bertz CT molecular complexity index is 751. The number of nitrogens with zero attached hydrogens (tertiary/aromatic N) is 1. The molecule has 1 fully saturated rings. The van der Waals surface area contributed by atoms with Crippen LogP contribution >= 0.6 is 0 Å². The minimum absolute atomic E-state index is 0.0444. The van der Waals surface area contributed by atoms with E-state index < -0.39 is 17.5 Å². The lowest BCUT2D eigenvalue weighted by molar-refractivity contribution is 0.206. The van der Waals surface area contributed by atoms with Crippen molar-refractivity contribution in [1.82, 2.24) is 10.2 Å². The van der Waals surface area contributed by atoms with Gasteiger partial charge in [-0.2, -0.15) is 0 Å². The van der Waals surface area contributed by atoms with E-state index in [1.807, 2.05) is 12.1 Å². The average molecular weight is 362 g/mol. The summed E-state index contributed by atoms with van der Waals surface area (Å²) < 4.78 is 41.6. The van der Waals surface area contributed by atoms with Crippen molar-refractivity contribution in [1.29, 1.82) is 0 Å². The predicted molar refractivity (Wildman–Crippen MR) is 98.5 cm³/mol. The first-order chi connectivity index (χ1) is 12.5. The van der Waals surface area contributed by atoms with Gasteiger partial charge in [-0.15, -0.1) is 0 Å². The van der Waals surface area contributed by atoms with Crippen LogP contribution in [0.15, 0.2) is 30.3 Å². The van der Waals surface area contributed by atoms with Gasteiger partial charge in [0.25, 0.3) is 0 Å². The second-order valence-electron chi connectivity index (χ2n) is 6.95. The fourth-order valence-electron chi connectivity index (χ4n) is 3.41. The third kappa shape index (κ3) is 4.10. The van der Waals surface area contributed by atoms with Gasteiger partial charge in [0.1, 0.15) is 5.82 Å². The largest absolute Gasteiger partial charge is 0.310 e. The van der Waals surface area contributed by atoms with Crippen LogP contribution in [0.4, 0.5) is 13.2 Å². The highest BCUT2D eigenvalue weighted by molar-refractivity contribution is 5.65. The van der Waals surface area contributed by atoms with Gasteiger partial charge < -0.3 is 10.2 Å². The van der Waals surface area contributed by atoms with Gasteiger partial charge >= 0.3 is 0 Å². The molecular weight excluding hydrogens is 337 g/mol. The molecule has 1 aliphatic heterocycles. The summed E-state index contributed by atoms with van der Waals surface area (Å²) >= 11 is 0. The minimum Gasteiger partial charge on any atom is -0.310 e. The van der Waals surface area contributed by atoms with Gasteiger partial charge in [-0.05, 0) is 56.6 Å². The lowest BCUT2D eigenvalue weighted by atomic mass is 10.0. The molecule has 0 spiro atoms. The lowest BCUT2D eigenvalue weighted by Crippen LogP contribution is -2.42. The van der Waals surface area contributed by atoms with E-state index in [2.05, 4.69) is 17.1 Å². The molecule has 0 atom stereocenters. The molecule has 0 radical (unpaired) electrons. The van der Waals surface area contributed by atoms with Crippen molar-refractivity contribution < 1.29 is 13.2 Å². The Kier molecular flexibility index (Phi) is 5.99. The summed E-state index contributed by atoms with van der Waals surface area (Å²) in [5.74, 6) is -2.86. The Morgan fingerprint density at radius 2 is 1.69 bits per heavy atom. The summed E-state index contributed by atoms with van der Waals surface area (Å²) in [5.41, 5.74) is 1.21. The maximum absolute atomic E-state index is 14.1. The summed E-state index contributed by atoms with van der Waals surface area (Å²) in [4.78, 5) is 2.45.